The molecule has 0 bridgehead atoms. The number of aliphatic hydroxyl groups excluding tert-OH is 4. The summed E-state index contributed by atoms with van der Waals surface area (Å²) in [5, 5.41) is 79.4. The molecule has 0 radical (unpaired) electrons. The molecule has 2 aliphatic heterocycles. The van der Waals surface area contributed by atoms with Crippen molar-refractivity contribution in [3.63, 3.8) is 0 Å². The van der Waals surface area contributed by atoms with Crippen molar-refractivity contribution in [1.82, 2.24) is 19.1 Å². The summed E-state index contributed by atoms with van der Waals surface area (Å²) >= 11 is 0. The predicted octanol–water partition coefficient (Wildman–Crippen LogP) is -10.6. The Balaban J connectivity index is 0.00000323. The van der Waals surface area contributed by atoms with Crippen LogP contribution in [0.3, 0.4) is 0 Å². The van der Waals surface area contributed by atoms with Crippen LogP contribution in [0, 0.1) is 10.8 Å². The van der Waals surface area contributed by atoms with Crippen LogP contribution < -0.4 is 80.3 Å². The van der Waals surface area contributed by atoms with Crippen molar-refractivity contribution < 1.29 is 132 Å². The van der Waals surface area contributed by atoms with Gasteiger partial charge in [0.1, 0.15) is 47.6 Å². The normalized spacial score (nSPS) is 31.4. The molecule has 0 aromatic carbocycles. The quantitative estimate of drug-likeness (QED) is 0.0858. The summed E-state index contributed by atoms with van der Waals surface area (Å²) in [6.45, 7) is -1.97. The van der Waals surface area contributed by atoms with Gasteiger partial charge in [-0.05, 0) is 12.1 Å². The van der Waals surface area contributed by atoms with Crippen molar-refractivity contribution in [3.05, 3.63) is 35.5 Å². The minimum atomic E-state index is -5.42. The molecule has 8 N–H and O–H groups in total. The molecule has 4 heterocycles. The first kappa shape index (κ1) is 38.6. The molecule has 2 fully saturated rings. The van der Waals surface area contributed by atoms with Crippen LogP contribution in [0.2, 0.25) is 0 Å². The van der Waals surface area contributed by atoms with Gasteiger partial charge in [0, 0.05) is 12.4 Å². The van der Waals surface area contributed by atoms with Crippen LogP contribution in [0.5, 0.6) is 12.0 Å². The van der Waals surface area contributed by atoms with Crippen molar-refractivity contribution in [1.29, 1.82) is 10.8 Å². The van der Waals surface area contributed by atoms with E-state index in [2.05, 4.69) is 23.3 Å². The molecule has 2 aromatic heterocycles. The second-order valence-electron chi connectivity index (χ2n) is 8.71. The Hall–Kier alpha value is -0.620. The third-order valence-corrected chi connectivity index (χ3v) is 8.49. The number of ether oxygens (including phenoxy) is 2. The van der Waals surface area contributed by atoms with Gasteiger partial charge in [-0.15, -0.1) is 0 Å². The van der Waals surface area contributed by atoms with Gasteiger partial charge in [0.2, 0.25) is 0 Å². The maximum absolute atomic E-state index is 12.3. The number of rotatable bonds is 10. The van der Waals surface area contributed by atoms with E-state index in [1.165, 1.54) is 0 Å². The van der Waals surface area contributed by atoms with E-state index in [1.54, 1.807) is 0 Å². The molecular weight excluding hydrogens is 648 g/mol. The minimum Gasteiger partial charge on any atom is -0.846 e. The van der Waals surface area contributed by atoms with Gasteiger partial charge in [-0.25, -0.2) is 19.1 Å². The maximum atomic E-state index is 12.3. The fourth-order valence-electron chi connectivity index (χ4n) is 3.92. The smallest absolute Gasteiger partial charge is 0.846 e. The number of nitrogens with one attached hydrogen (secondary N) is 2. The van der Waals surface area contributed by atoms with Crippen LogP contribution in [0.4, 0.5) is 0 Å². The third-order valence-electron chi connectivity index (χ3n) is 5.89. The molecule has 2 unspecified atom stereocenters. The summed E-state index contributed by atoms with van der Waals surface area (Å²) in [5.74, 6) is 0. The van der Waals surface area contributed by atoms with E-state index in [0.29, 0.717) is 0 Å². The average Bonchev–Trinajstić information content (AvgIpc) is 3.31. The predicted molar refractivity (Wildman–Crippen MR) is 120 cm³/mol. The number of hydrogen-bond donors (Lipinski definition) is 8. The zero-order valence-corrected chi connectivity index (χ0v) is 28.2. The number of hydrogen-bond acceptors (Lipinski definition) is 17. The molecule has 0 amide bonds. The molecule has 0 saturated carbocycles. The summed E-state index contributed by atoms with van der Waals surface area (Å²) in [6, 6.07) is 0.223. The molecule has 25 heteroatoms. The minimum absolute atomic E-state index is 0. The first-order valence-corrected chi connectivity index (χ1v) is 14.4. The topological polar surface area (TPSA) is 331 Å². The zero-order chi connectivity index (χ0) is 30.3. The Bertz CT molecular complexity index is 1380. The first-order valence-electron chi connectivity index (χ1n) is 11.4. The molecule has 228 valence electrons. The van der Waals surface area contributed by atoms with Gasteiger partial charge in [-0.3, -0.25) is 19.9 Å². The zero-order valence-electron chi connectivity index (χ0n) is 22.4. The molecular formula is C18H24N6Na2O15P2. The van der Waals surface area contributed by atoms with E-state index in [1.807, 2.05) is 0 Å². The Kier molecular flexibility index (Phi) is 13.7. The van der Waals surface area contributed by atoms with Gasteiger partial charge in [-0.1, -0.05) is 0 Å². The van der Waals surface area contributed by atoms with Gasteiger partial charge in [0.25, 0.3) is 0 Å². The molecule has 2 aromatic rings. The number of phosphoric acid groups is 2. The van der Waals surface area contributed by atoms with Gasteiger partial charge < -0.3 is 59.0 Å². The molecule has 10 atom stereocenters. The van der Waals surface area contributed by atoms with Crippen LogP contribution in [0.1, 0.15) is 12.5 Å². The van der Waals surface area contributed by atoms with Crippen LogP contribution in [-0.2, 0) is 32.0 Å². The summed E-state index contributed by atoms with van der Waals surface area (Å²) in [6.07, 6.45) is -11.0. The van der Waals surface area contributed by atoms with E-state index in [-0.39, 0.29) is 70.1 Å². The second-order valence-corrected chi connectivity index (χ2v) is 11.8. The van der Waals surface area contributed by atoms with Gasteiger partial charge >= 0.3 is 74.8 Å². The van der Waals surface area contributed by atoms with E-state index in [9.17, 15) is 49.6 Å². The second kappa shape index (κ2) is 15.3. The Morgan fingerprint density at radius 2 is 1.12 bits per heavy atom. The summed E-state index contributed by atoms with van der Waals surface area (Å²) < 4.78 is 50.0. The number of phosphoric ester groups is 2. The van der Waals surface area contributed by atoms with E-state index >= 15 is 0 Å². The number of aromatic nitrogens is 4. The Morgan fingerprint density at radius 3 is 1.44 bits per heavy atom. The standard InChI is InChI=1S/C18H26N6O15P2.2Na/c19-9-1-3-23(17(29)21-9)15-13(27)11(25)7(37-15)5-35-40(31,32)39-41(33,34)36-6-8-12(26)14(28)16(38-8)24-4-2-10(20)22-18(24)30;;/h1-4,7-8,11-16,25-28H,5-6H2,(H,31,32)(H,33,34)(H2,19,21,29)(H2,20,22,30);;/q;2*+1/p-2/t7-,8-,11-,12-,13-,14-,15-,16-;;/m1../s1. The monoisotopic (exact) mass is 672 g/mol. The molecule has 0 spiro atoms. The molecule has 43 heavy (non-hydrogen) atoms. The fourth-order valence-corrected chi connectivity index (χ4v) is 6.01. The van der Waals surface area contributed by atoms with E-state index in [4.69, 9.17) is 20.3 Å². The van der Waals surface area contributed by atoms with Gasteiger partial charge in [0.05, 0.1) is 25.2 Å². The van der Waals surface area contributed by atoms with Crippen molar-refractivity contribution in [3.8, 4) is 12.0 Å². The van der Waals surface area contributed by atoms with Crippen LogP contribution >= 0.6 is 15.6 Å². The summed E-state index contributed by atoms with van der Waals surface area (Å²) in [4.78, 5) is 26.4. The SMILES string of the molecule is N=c1ccn([C@@H]2O[C@H](COP(=O)(O)OP(=O)(O)OC[C@H]3O[C@@H](n4ccc(=N)nc4[O-])[C@H](O)[C@@H]3O)[C@@H](O)[C@H]2O)c([O-])n1.[Na+].[Na+]. The van der Waals surface area contributed by atoms with Crippen LogP contribution in [0.25, 0.3) is 0 Å². The largest absolute Gasteiger partial charge is 1.00 e. The van der Waals surface area contributed by atoms with Gasteiger partial charge in [0.15, 0.2) is 12.5 Å². The Morgan fingerprint density at radius 1 is 0.767 bits per heavy atom. The van der Waals surface area contributed by atoms with Crippen molar-refractivity contribution in [2.75, 3.05) is 13.2 Å². The third kappa shape index (κ3) is 9.23. The number of aliphatic hydroxyl groups is 4. The summed E-state index contributed by atoms with van der Waals surface area (Å²) in [5.41, 5.74) is -0.740. The van der Waals surface area contributed by atoms with E-state index < -0.39 is 90.0 Å². The molecule has 21 nitrogen and oxygen atoms in total. The summed E-state index contributed by atoms with van der Waals surface area (Å²) in [7, 11) is -10.8. The van der Waals surface area contributed by atoms with Crippen molar-refractivity contribution in [2.45, 2.75) is 49.1 Å². The molecule has 2 saturated heterocycles. The molecule has 0 aliphatic carbocycles. The van der Waals surface area contributed by atoms with Gasteiger partial charge in [-0.2, -0.15) is 4.31 Å². The average molecular weight is 672 g/mol. The molecule has 2 aliphatic rings. The Labute approximate surface area is 285 Å². The van der Waals surface area contributed by atoms with Crippen LogP contribution in [-0.4, -0.2) is 99.2 Å². The van der Waals surface area contributed by atoms with E-state index in [0.717, 1.165) is 33.7 Å². The fraction of sp³-hybridized carbons (Fsp3) is 0.556. The first-order chi connectivity index (χ1) is 19.1. The maximum Gasteiger partial charge on any atom is 1.00 e. The van der Waals surface area contributed by atoms with Crippen LogP contribution in [0.15, 0.2) is 24.5 Å². The molecule has 4 rings (SSSR count). The van der Waals surface area contributed by atoms with Crippen molar-refractivity contribution >= 4 is 15.6 Å². The number of nitrogens with zero attached hydrogens (tertiary/aromatic N) is 4. The van der Waals surface area contributed by atoms with Crippen molar-refractivity contribution in [2.24, 2.45) is 0 Å².